The molecule has 1 N–H and O–H groups in total. The van der Waals surface area contributed by atoms with Gasteiger partial charge in [-0.05, 0) is 25.8 Å². The molecule has 0 saturated carbocycles. The summed E-state index contributed by atoms with van der Waals surface area (Å²) in [4.78, 5) is 44.6. The highest BCUT2D eigenvalue weighted by Crippen LogP contribution is 2.14. The number of carbonyl (C=O) groups is 2. The van der Waals surface area contributed by atoms with Crippen LogP contribution in [0.15, 0.2) is 23.1 Å². The van der Waals surface area contributed by atoms with E-state index in [1.165, 1.54) is 12.3 Å². The van der Waals surface area contributed by atoms with Gasteiger partial charge in [0.25, 0.3) is 5.91 Å². The number of hydrogen-bond acceptors (Lipinski definition) is 4. The van der Waals surface area contributed by atoms with E-state index in [4.69, 9.17) is 0 Å². The van der Waals surface area contributed by atoms with Gasteiger partial charge in [0.15, 0.2) is 0 Å². The number of rotatable bonds is 3. The standard InChI is InChI=1S/C17H24N4O3/c1-13(16(23)20-6-2-3-7-20)19-8-10-21(11-9-19)17(24)14-4-5-18-15(22)12-14/h4-5,12-13H,2-3,6-11H2,1H3,(H,18,22). The summed E-state index contributed by atoms with van der Waals surface area (Å²) in [5, 5.41) is 0. The van der Waals surface area contributed by atoms with Crippen LogP contribution in [0.3, 0.4) is 0 Å². The fourth-order valence-corrected chi connectivity index (χ4v) is 3.43. The normalized spacial score (nSPS) is 20.2. The van der Waals surface area contributed by atoms with Crippen LogP contribution in [-0.2, 0) is 4.79 Å². The Morgan fingerprint density at radius 1 is 1.04 bits per heavy atom. The zero-order valence-electron chi connectivity index (χ0n) is 14.0. The van der Waals surface area contributed by atoms with Crippen LogP contribution in [0.25, 0.3) is 0 Å². The Morgan fingerprint density at radius 3 is 2.33 bits per heavy atom. The lowest BCUT2D eigenvalue weighted by molar-refractivity contribution is -0.135. The minimum Gasteiger partial charge on any atom is -0.341 e. The Bertz CT molecular complexity index is 658. The molecule has 0 bridgehead atoms. The average molecular weight is 332 g/mol. The van der Waals surface area contributed by atoms with E-state index in [2.05, 4.69) is 9.88 Å². The first-order valence-electron chi connectivity index (χ1n) is 8.57. The maximum Gasteiger partial charge on any atom is 0.254 e. The van der Waals surface area contributed by atoms with Crippen molar-refractivity contribution in [3.05, 3.63) is 34.2 Å². The van der Waals surface area contributed by atoms with E-state index in [-0.39, 0.29) is 23.4 Å². The number of likely N-dealkylation sites (tertiary alicyclic amines) is 1. The fraction of sp³-hybridized carbons (Fsp3) is 0.588. The van der Waals surface area contributed by atoms with Crippen molar-refractivity contribution in [2.45, 2.75) is 25.8 Å². The third-order valence-corrected chi connectivity index (χ3v) is 4.95. The van der Waals surface area contributed by atoms with Crippen LogP contribution < -0.4 is 5.56 Å². The number of H-pyrrole nitrogens is 1. The third-order valence-electron chi connectivity index (χ3n) is 4.95. The van der Waals surface area contributed by atoms with Crippen molar-refractivity contribution in [3.63, 3.8) is 0 Å². The van der Waals surface area contributed by atoms with Gasteiger partial charge in [0, 0.05) is 57.1 Å². The Hall–Kier alpha value is -2.15. The summed E-state index contributed by atoms with van der Waals surface area (Å²) >= 11 is 0. The summed E-state index contributed by atoms with van der Waals surface area (Å²) in [6.45, 7) is 6.18. The smallest absolute Gasteiger partial charge is 0.254 e. The minimum absolute atomic E-state index is 0.126. The first-order chi connectivity index (χ1) is 11.6. The van der Waals surface area contributed by atoms with Gasteiger partial charge in [0.05, 0.1) is 6.04 Å². The van der Waals surface area contributed by atoms with E-state index < -0.39 is 0 Å². The van der Waals surface area contributed by atoms with Crippen LogP contribution in [0, 0.1) is 0 Å². The highest BCUT2D eigenvalue weighted by molar-refractivity contribution is 5.94. The summed E-state index contributed by atoms with van der Waals surface area (Å²) in [6, 6.07) is 2.81. The monoisotopic (exact) mass is 332 g/mol. The Kier molecular flexibility index (Phi) is 4.99. The lowest BCUT2D eigenvalue weighted by atomic mass is 10.1. The summed E-state index contributed by atoms with van der Waals surface area (Å²) in [7, 11) is 0. The van der Waals surface area contributed by atoms with Gasteiger partial charge < -0.3 is 14.8 Å². The first kappa shape index (κ1) is 16.7. The van der Waals surface area contributed by atoms with Gasteiger partial charge in [0.2, 0.25) is 11.5 Å². The van der Waals surface area contributed by atoms with Crippen molar-refractivity contribution in [2.24, 2.45) is 0 Å². The van der Waals surface area contributed by atoms with Gasteiger partial charge >= 0.3 is 0 Å². The predicted molar refractivity (Wildman–Crippen MR) is 89.8 cm³/mol. The van der Waals surface area contributed by atoms with Gasteiger partial charge in [-0.15, -0.1) is 0 Å². The van der Waals surface area contributed by atoms with E-state index in [0.29, 0.717) is 31.7 Å². The SMILES string of the molecule is CC(C(=O)N1CCCC1)N1CCN(C(=O)c2cc[nH]c(=O)c2)CC1. The van der Waals surface area contributed by atoms with Gasteiger partial charge in [0.1, 0.15) is 0 Å². The van der Waals surface area contributed by atoms with Crippen LogP contribution >= 0.6 is 0 Å². The number of aromatic nitrogens is 1. The molecule has 0 aromatic carbocycles. The van der Waals surface area contributed by atoms with E-state index in [1.807, 2.05) is 11.8 Å². The summed E-state index contributed by atoms with van der Waals surface area (Å²) in [5.74, 6) is 0.0705. The van der Waals surface area contributed by atoms with Crippen LogP contribution in [0.5, 0.6) is 0 Å². The summed E-state index contributed by atoms with van der Waals surface area (Å²) < 4.78 is 0. The molecular formula is C17H24N4O3. The minimum atomic E-state index is -0.274. The molecule has 0 radical (unpaired) electrons. The van der Waals surface area contributed by atoms with Crippen LogP contribution in [0.4, 0.5) is 0 Å². The molecule has 2 amide bonds. The van der Waals surface area contributed by atoms with E-state index in [9.17, 15) is 14.4 Å². The fourth-order valence-electron chi connectivity index (χ4n) is 3.43. The van der Waals surface area contributed by atoms with Crippen molar-refractivity contribution in [3.8, 4) is 0 Å². The van der Waals surface area contributed by atoms with Gasteiger partial charge in [-0.2, -0.15) is 0 Å². The molecule has 7 nitrogen and oxygen atoms in total. The van der Waals surface area contributed by atoms with Crippen molar-refractivity contribution in [1.82, 2.24) is 19.7 Å². The molecule has 0 spiro atoms. The average Bonchev–Trinajstić information content (AvgIpc) is 3.14. The second kappa shape index (κ2) is 7.17. The molecule has 2 aliphatic rings. The molecule has 2 saturated heterocycles. The van der Waals surface area contributed by atoms with Crippen LogP contribution in [0.1, 0.15) is 30.1 Å². The number of aromatic amines is 1. The topological polar surface area (TPSA) is 76.7 Å². The van der Waals surface area contributed by atoms with Crippen molar-refractivity contribution >= 4 is 11.8 Å². The molecule has 24 heavy (non-hydrogen) atoms. The van der Waals surface area contributed by atoms with Crippen molar-refractivity contribution in [2.75, 3.05) is 39.3 Å². The summed E-state index contributed by atoms with van der Waals surface area (Å²) in [6.07, 6.45) is 3.68. The molecule has 3 heterocycles. The second-order valence-electron chi connectivity index (χ2n) is 6.48. The number of hydrogen-bond donors (Lipinski definition) is 1. The molecule has 7 heteroatoms. The van der Waals surface area contributed by atoms with Gasteiger partial charge in [-0.3, -0.25) is 19.3 Å². The zero-order valence-corrected chi connectivity index (χ0v) is 14.0. The van der Waals surface area contributed by atoms with Crippen LogP contribution in [-0.4, -0.2) is 76.8 Å². The molecule has 1 aromatic heterocycles. The van der Waals surface area contributed by atoms with Gasteiger partial charge in [-0.1, -0.05) is 0 Å². The third kappa shape index (κ3) is 3.51. The Balaban J connectivity index is 1.56. The number of pyridine rings is 1. The molecule has 1 atom stereocenters. The first-order valence-corrected chi connectivity index (χ1v) is 8.57. The molecule has 3 rings (SSSR count). The molecule has 1 aromatic rings. The molecule has 2 fully saturated rings. The van der Waals surface area contributed by atoms with E-state index in [1.54, 1.807) is 11.0 Å². The van der Waals surface area contributed by atoms with E-state index >= 15 is 0 Å². The number of carbonyl (C=O) groups excluding carboxylic acids is 2. The predicted octanol–water partition coefficient (Wildman–Crippen LogP) is 0.144. The number of amides is 2. The molecule has 0 aliphatic carbocycles. The van der Waals surface area contributed by atoms with Crippen molar-refractivity contribution < 1.29 is 9.59 Å². The number of piperazine rings is 1. The number of nitrogens with zero attached hydrogens (tertiary/aromatic N) is 3. The van der Waals surface area contributed by atoms with Crippen LogP contribution in [0.2, 0.25) is 0 Å². The maximum absolute atomic E-state index is 12.5. The summed E-state index contributed by atoms with van der Waals surface area (Å²) in [5.41, 5.74) is 0.137. The lowest BCUT2D eigenvalue weighted by Crippen LogP contribution is -2.55. The molecular weight excluding hydrogens is 308 g/mol. The van der Waals surface area contributed by atoms with E-state index in [0.717, 1.165) is 25.9 Å². The number of nitrogens with one attached hydrogen (secondary N) is 1. The largest absolute Gasteiger partial charge is 0.341 e. The Labute approximate surface area is 141 Å². The molecule has 2 aliphatic heterocycles. The highest BCUT2D eigenvalue weighted by atomic mass is 16.2. The lowest BCUT2D eigenvalue weighted by Gasteiger charge is -2.38. The Morgan fingerprint density at radius 2 is 1.71 bits per heavy atom. The molecule has 130 valence electrons. The van der Waals surface area contributed by atoms with Crippen molar-refractivity contribution in [1.29, 1.82) is 0 Å². The van der Waals surface area contributed by atoms with Gasteiger partial charge in [-0.25, -0.2) is 0 Å². The second-order valence-corrected chi connectivity index (χ2v) is 6.48. The molecule has 1 unspecified atom stereocenters. The maximum atomic E-state index is 12.5. The highest BCUT2D eigenvalue weighted by Gasteiger charge is 2.31. The quantitative estimate of drug-likeness (QED) is 0.854. The zero-order chi connectivity index (χ0) is 17.1.